The molecule has 1 heterocycles. The average Bonchev–Trinajstić information content (AvgIpc) is 2.82. The van der Waals surface area contributed by atoms with Crippen molar-refractivity contribution < 1.29 is 9.53 Å². The second-order valence-corrected chi connectivity index (χ2v) is 6.03. The molecular weight excluding hydrogens is 238 g/mol. The first-order valence-electron chi connectivity index (χ1n) is 8.08. The number of nitrogens with zero attached hydrogens (tertiary/aromatic N) is 1. The molecule has 112 valence electrons. The van der Waals surface area contributed by atoms with Crippen LogP contribution >= 0.6 is 0 Å². The Kier molecular flexibility index (Phi) is 7.25. The molecule has 1 unspecified atom stereocenters. The molecule has 1 amide bonds. The summed E-state index contributed by atoms with van der Waals surface area (Å²) >= 11 is 0. The van der Waals surface area contributed by atoms with E-state index in [4.69, 9.17) is 4.74 Å². The van der Waals surface area contributed by atoms with Gasteiger partial charge in [-0.2, -0.15) is 0 Å². The summed E-state index contributed by atoms with van der Waals surface area (Å²) in [5.74, 6) is 0. The lowest BCUT2D eigenvalue weighted by atomic mass is 9.87. The third-order valence-corrected chi connectivity index (χ3v) is 4.30. The standard InChI is InChI=1S/C16H31NO2/c1-4-6-8-10-12-16(3,11-9-7-5-2)17-13-14-19-15(17)18/h4-14H2,1-3H3. The third-order valence-electron chi connectivity index (χ3n) is 4.30. The largest absolute Gasteiger partial charge is 0.448 e. The van der Waals surface area contributed by atoms with Crippen LogP contribution in [-0.4, -0.2) is 29.7 Å². The number of rotatable bonds is 10. The van der Waals surface area contributed by atoms with Crippen LogP contribution in [-0.2, 0) is 4.74 Å². The van der Waals surface area contributed by atoms with Gasteiger partial charge in [0.05, 0.1) is 6.54 Å². The number of carbonyl (C=O) groups is 1. The van der Waals surface area contributed by atoms with Crippen LogP contribution in [0.2, 0.25) is 0 Å². The van der Waals surface area contributed by atoms with Gasteiger partial charge in [-0.25, -0.2) is 4.79 Å². The Bertz CT molecular complexity index is 267. The highest BCUT2D eigenvalue weighted by Gasteiger charge is 2.38. The first-order valence-corrected chi connectivity index (χ1v) is 8.08. The lowest BCUT2D eigenvalue weighted by molar-refractivity contribution is 0.105. The smallest absolute Gasteiger partial charge is 0.410 e. The molecule has 1 atom stereocenters. The fourth-order valence-corrected chi connectivity index (χ4v) is 2.97. The number of carbonyl (C=O) groups excluding carboxylic acids is 1. The summed E-state index contributed by atoms with van der Waals surface area (Å²) in [6.45, 7) is 8.05. The number of amides is 1. The van der Waals surface area contributed by atoms with Gasteiger partial charge in [0, 0.05) is 5.54 Å². The molecule has 3 nitrogen and oxygen atoms in total. The van der Waals surface area contributed by atoms with E-state index in [-0.39, 0.29) is 11.6 Å². The summed E-state index contributed by atoms with van der Waals surface area (Å²) in [6.07, 6.45) is 10.9. The number of unbranched alkanes of at least 4 members (excludes halogenated alkanes) is 5. The van der Waals surface area contributed by atoms with E-state index in [0.29, 0.717) is 6.61 Å². The Morgan fingerprint density at radius 1 is 1.05 bits per heavy atom. The second kappa shape index (κ2) is 8.44. The van der Waals surface area contributed by atoms with Crippen molar-refractivity contribution in [3.8, 4) is 0 Å². The van der Waals surface area contributed by atoms with Crippen LogP contribution in [0.25, 0.3) is 0 Å². The summed E-state index contributed by atoms with van der Waals surface area (Å²) < 4.78 is 5.13. The van der Waals surface area contributed by atoms with Crippen molar-refractivity contribution in [2.24, 2.45) is 0 Å². The molecule has 1 rings (SSSR count). The van der Waals surface area contributed by atoms with E-state index in [1.807, 2.05) is 4.90 Å². The maximum Gasteiger partial charge on any atom is 0.410 e. The molecule has 3 heteroatoms. The lowest BCUT2D eigenvalue weighted by Crippen LogP contribution is -2.47. The Hall–Kier alpha value is -0.730. The zero-order valence-corrected chi connectivity index (χ0v) is 13.0. The molecule has 1 saturated heterocycles. The van der Waals surface area contributed by atoms with Crippen LogP contribution in [0.3, 0.4) is 0 Å². The van der Waals surface area contributed by atoms with Crippen LogP contribution in [0.4, 0.5) is 4.79 Å². The lowest BCUT2D eigenvalue weighted by Gasteiger charge is -2.37. The quantitative estimate of drug-likeness (QED) is 0.536. The average molecular weight is 269 g/mol. The SMILES string of the molecule is CCCCCCC(C)(CCCCC)N1CCOC1=O. The van der Waals surface area contributed by atoms with E-state index in [1.54, 1.807) is 0 Å². The molecule has 1 fully saturated rings. The number of hydrogen-bond donors (Lipinski definition) is 0. The van der Waals surface area contributed by atoms with Crippen molar-refractivity contribution in [3.05, 3.63) is 0 Å². The minimum Gasteiger partial charge on any atom is -0.448 e. The fraction of sp³-hybridized carbons (Fsp3) is 0.938. The summed E-state index contributed by atoms with van der Waals surface area (Å²) in [5, 5.41) is 0. The van der Waals surface area contributed by atoms with Crippen molar-refractivity contribution in [2.45, 2.75) is 84.1 Å². The van der Waals surface area contributed by atoms with Crippen molar-refractivity contribution in [2.75, 3.05) is 13.2 Å². The molecular formula is C16H31NO2. The molecule has 1 aliphatic heterocycles. The van der Waals surface area contributed by atoms with Crippen LogP contribution in [0, 0.1) is 0 Å². The molecule has 0 aromatic heterocycles. The molecule has 0 bridgehead atoms. The molecule has 19 heavy (non-hydrogen) atoms. The monoisotopic (exact) mass is 269 g/mol. The van der Waals surface area contributed by atoms with E-state index in [0.717, 1.165) is 19.4 Å². The third kappa shape index (κ3) is 5.04. The number of cyclic esters (lactones) is 1. The minimum absolute atomic E-state index is 0.0104. The van der Waals surface area contributed by atoms with E-state index in [1.165, 1.54) is 44.9 Å². The highest BCUT2D eigenvalue weighted by Crippen LogP contribution is 2.31. The minimum atomic E-state index is -0.102. The molecule has 1 aliphatic rings. The Labute approximate surface area is 118 Å². The van der Waals surface area contributed by atoms with Gasteiger partial charge < -0.3 is 4.74 Å². The topological polar surface area (TPSA) is 29.5 Å². The van der Waals surface area contributed by atoms with Gasteiger partial charge >= 0.3 is 6.09 Å². The van der Waals surface area contributed by atoms with E-state index >= 15 is 0 Å². The zero-order valence-electron chi connectivity index (χ0n) is 13.0. The molecule has 0 aromatic rings. The van der Waals surface area contributed by atoms with Crippen LogP contribution in [0.1, 0.15) is 78.6 Å². The number of ether oxygens (including phenoxy) is 1. The van der Waals surface area contributed by atoms with Crippen LogP contribution < -0.4 is 0 Å². The number of hydrogen-bond acceptors (Lipinski definition) is 2. The van der Waals surface area contributed by atoms with Crippen molar-refractivity contribution >= 4 is 6.09 Å². The van der Waals surface area contributed by atoms with Gasteiger partial charge in [0.15, 0.2) is 0 Å². The van der Waals surface area contributed by atoms with E-state index in [2.05, 4.69) is 20.8 Å². The summed E-state index contributed by atoms with van der Waals surface area (Å²) in [4.78, 5) is 13.8. The Morgan fingerprint density at radius 2 is 1.63 bits per heavy atom. The van der Waals surface area contributed by atoms with Crippen molar-refractivity contribution in [1.29, 1.82) is 0 Å². The highest BCUT2D eigenvalue weighted by molar-refractivity contribution is 5.70. The Balaban J connectivity index is 2.52. The Morgan fingerprint density at radius 3 is 2.16 bits per heavy atom. The van der Waals surface area contributed by atoms with Crippen LogP contribution in [0.15, 0.2) is 0 Å². The molecule has 0 radical (unpaired) electrons. The molecule has 0 N–H and O–H groups in total. The van der Waals surface area contributed by atoms with Gasteiger partial charge in [0.25, 0.3) is 0 Å². The first kappa shape index (κ1) is 16.3. The second-order valence-electron chi connectivity index (χ2n) is 6.03. The fourth-order valence-electron chi connectivity index (χ4n) is 2.97. The predicted molar refractivity (Wildman–Crippen MR) is 79.4 cm³/mol. The van der Waals surface area contributed by atoms with Gasteiger partial charge in [-0.05, 0) is 19.8 Å². The van der Waals surface area contributed by atoms with Crippen molar-refractivity contribution in [1.82, 2.24) is 4.90 Å². The van der Waals surface area contributed by atoms with Gasteiger partial charge in [-0.1, -0.05) is 58.8 Å². The molecule has 0 spiro atoms. The summed E-state index contributed by atoms with van der Waals surface area (Å²) in [5.41, 5.74) is 0.0104. The maximum absolute atomic E-state index is 11.8. The normalized spacial score (nSPS) is 18.5. The molecule has 0 saturated carbocycles. The predicted octanol–water partition coefficient (Wildman–Crippen LogP) is 4.75. The van der Waals surface area contributed by atoms with Crippen LogP contribution in [0.5, 0.6) is 0 Å². The van der Waals surface area contributed by atoms with Gasteiger partial charge in [-0.3, -0.25) is 4.90 Å². The maximum atomic E-state index is 11.8. The summed E-state index contributed by atoms with van der Waals surface area (Å²) in [6, 6.07) is 0. The van der Waals surface area contributed by atoms with Gasteiger partial charge in [0.2, 0.25) is 0 Å². The molecule has 0 aliphatic carbocycles. The molecule has 0 aromatic carbocycles. The highest BCUT2D eigenvalue weighted by atomic mass is 16.6. The van der Waals surface area contributed by atoms with Gasteiger partial charge in [-0.15, -0.1) is 0 Å². The van der Waals surface area contributed by atoms with Gasteiger partial charge in [0.1, 0.15) is 6.61 Å². The zero-order chi connectivity index (χ0) is 14.1. The van der Waals surface area contributed by atoms with E-state index < -0.39 is 0 Å². The van der Waals surface area contributed by atoms with Crippen molar-refractivity contribution in [3.63, 3.8) is 0 Å². The first-order chi connectivity index (χ1) is 9.14. The summed E-state index contributed by atoms with van der Waals surface area (Å²) in [7, 11) is 0. The van der Waals surface area contributed by atoms with E-state index in [9.17, 15) is 4.79 Å².